The van der Waals surface area contributed by atoms with Crippen molar-refractivity contribution in [2.24, 2.45) is 0 Å². The lowest BCUT2D eigenvalue weighted by Gasteiger charge is -2.19. The first-order valence-corrected chi connectivity index (χ1v) is 6.90. The van der Waals surface area contributed by atoms with Crippen LogP contribution < -0.4 is 5.32 Å². The molecule has 1 amide bonds. The summed E-state index contributed by atoms with van der Waals surface area (Å²) < 4.78 is 11.8. The van der Waals surface area contributed by atoms with Crippen LogP contribution in [0.25, 0.3) is 0 Å². The first-order valence-electron chi connectivity index (χ1n) is 6.90. The van der Waals surface area contributed by atoms with Gasteiger partial charge < -0.3 is 19.4 Å². The zero-order chi connectivity index (χ0) is 16.0. The van der Waals surface area contributed by atoms with E-state index in [9.17, 15) is 9.59 Å². The van der Waals surface area contributed by atoms with E-state index in [4.69, 9.17) is 9.47 Å². The van der Waals surface area contributed by atoms with Gasteiger partial charge in [0.2, 0.25) is 0 Å². The Bertz CT molecular complexity index is 503. The number of carbonyl (C=O) groups excluding carboxylic acids is 2. The summed E-state index contributed by atoms with van der Waals surface area (Å²) in [5.41, 5.74) is 0.472. The Kier molecular flexibility index (Phi) is 5.75. The van der Waals surface area contributed by atoms with Crippen molar-refractivity contribution < 1.29 is 19.1 Å². The van der Waals surface area contributed by atoms with Gasteiger partial charge in [-0.1, -0.05) is 0 Å². The van der Waals surface area contributed by atoms with Crippen molar-refractivity contribution in [3.63, 3.8) is 0 Å². The van der Waals surface area contributed by atoms with Crippen LogP contribution in [-0.2, 0) is 16.0 Å². The number of carbonyl (C=O) groups is 2. The van der Waals surface area contributed by atoms with Crippen LogP contribution in [0.3, 0.4) is 0 Å². The molecule has 0 aliphatic carbocycles. The Morgan fingerprint density at radius 1 is 1.38 bits per heavy atom. The van der Waals surface area contributed by atoms with Gasteiger partial charge in [0, 0.05) is 13.1 Å². The maximum absolute atomic E-state index is 11.8. The summed E-state index contributed by atoms with van der Waals surface area (Å²) >= 11 is 0. The molecule has 0 atom stereocenters. The second kappa shape index (κ2) is 7.10. The van der Waals surface area contributed by atoms with Crippen LogP contribution in [0.5, 0.6) is 0 Å². The highest BCUT2D eigenvalue weighted by Gasteiger charge is 2.18. The number of imidazole rings is 1. The predicted molar refractivity (Wildman–Crippen MR) is 77.2 cm³/mol. The van der Waals surface area contributed by atoms with E-state index in [1.807, 2.05) is 0 Å². The van der Waals surface area contributed by atoms with Crippen LogP contribution in [0.15, 0.2) is 6.33 Å². The number of hydrogen-bond acceptors (Lipinski definition) is 5. The van der Waals surface area contributed by atoms with Gasteiger partial charge in [0.15, 0.2) is 0 Å². The quantitative estimate of drug-likeness (QED) is 0.839. The molecule has 0 saturated heterocycles. The first kappa shape index (κ1) is 17.0. The van der Waals surface area contributed by atoms with Crippen LogP contribution >= 0.6 is 0 Å². The number of rotatable bonds is 5. The Morgan fingerprint density at radius 2 is 2.05 bits per heavy atom. The minimum absolute atomic E-state index is 0.305. The first-order chi connectivity index (χ1) is 9.74. The number of esters is 1. The summed E-state index contributed by atoms with van der Waals surface area (Å²) in [6.07, 6.45) is 1.07. The molecule has 0 saturated carbocycles. The summed E-state index contributed by atoms with van der Waals surface area (Å²) in [6, 6.07) is 0. The largest absolute Gasteiger partial charge is 0.461 e. The maximum Gasteiger partial charge on any atom is 0.407 e. The number of alkyl carbamates (subject to hydrolysis) is 1. The predicted octanol–water partition coefficient (Wildman–Crippen LogP) is 1.89. The highest BCUT2D eigenvalue weighted by atomic mass is 16.6. The van der Waals surface area contributed by atoms with Gasteiger partial charge in [0.25, 0.3) is 0 Å². The van der Waals surface area contributed by atoms with Crippen LogP contribution in [0, 0.1) is 6.92 Å². The molecule has 0 bridgehead atoms. The summed E-state index contributed by atoms with van der Waals surface area (Å²) in [7, 11) is 0. The summed E-state index contributed by atoms with van der Waals surface area (Å²) in [4.78, 5) is 27.5. The summed E-state index contributed by atoms with van der Waals surface area (Å²) in [5, 5.41) is 2.63. The second-order valence-electron chi connectivity index (χ2n) is 5.52. The van der Waals surface area contributed by atoms with Crippen LogP contribution in [0.2, 0.25) is 0 Å². The molecule has 118 valence electrons. The second-order valence-corrected chi connectivity index (χ2v) is 5.52. The van der Waals surface area contributed by atoms with Crippen LogP contribution in [0.1, 0.15) is 43.9 Å². The van der Waals surface area contributed by atoms with Gasteiger partial charge in [-0.25, -0.2) is 14.6 Å². The zero-order valence-electron chi connectivity index (χ0n) is 13.2. The topological polar surface area (TPSA) is 82.5 Å². The third kappa shape index (κ3) is 5.45. The van der Waals surface area contributed by atoms with Crippen molar-refractivity contribution in [2.75, 3.05) is 13.2 Å². The van der Waals surface area contributed by atoms with E-state index in [0.717, 1.165) is 0 Å². The SMILES string of the molecule is CCOC(=O)c1c(C)ncn1CCNC(=O)OC(C)(C)C. The number of nitrogens with zero attached hydrogens (tertiary/aromatic N) is 2. The number of aryl methyl sites for hydroxylation is 1. The third-order valence-electron chi connectivity index (χ3n) is 2.51. The van der Waals surface area contributed by atoms with Gasteiger partial charge in [0.05, 0.1) is 18.6 Å². The average Bonchev–Trinajstić information content (AvgIpc) is 2.68. The molecule has 0 unspecified atom stereocenters. The van der Waals surface area contributed by atoms with Crippen molar-refractivity contribution in [1.82, 2.24) is 14.9 Å². The Balaban J connectivity index is 2.57. The molecule has 0 radical (unpaired) electrons. The lowest BCUT2D eigenvalue weighted by molar-refractivity contribution is 0.0513. The fourth-order valence-corrected chi connectivity index (χ4v) is 1.71. The van der Waals surface area contributed by atoms with Crippen molar-refractivity contribution >= 4 is 12.1 Å². The van der Waals surface area contributed by atoms with Gasteiger partial charge in [-0.2, -0.15) is 0 Å². The minimum Gasteiger partial charge on any atom is -0.461 e. The Morgan fingerprint density at radius 3 is 2.62 bits per heavy atom. The van der Waals surface area contributed by atoms with E-state index in [2.05, 4.69) is 10.3 Å². The molecule has 0 aliphatic rings. The van der Waals surface area contributed by atoms with E-state index in [1.165, 1.54) is 0 Å². The fraction of sp³-hybridized carbons (Fsp3) is 0.643. The van der Waals surface area contributed by atoms with Crippen molar-refractivity contribution in [1.29, 1.82) is 0 Å². The molecule has 0 fully saturated rings. The number of aromatic nitrogens is 2. The van der Waals surface area contributed by atoms with E-state index in [-0.39, 0.29) is 0 Å². The lowest BCUT2D eigenvalue weighted by atomic mass is 10.2. The van der Waals surface area contributed by atoms with Gasteiger partial charge in [-0.15, -0.1) is 0 Å². The van der Waals surface area contributed by atoms with Gasteiger partial charge in [-0.3, -0.25) is 0 Å². The molecule has 1 aromatic rings. The number of amides is 1. The molecule has 1 N–H and O–H groups in total. The molecule has 7 heteroatoms. The Labute approximate surface area is 124 Å². The molecule has 1 aromatic heterocycles. The summed E-state index contributed by atoms with van der Waals surface area (Å²) in [6.45, 7) is 9.92. The molecule has 7 nitrogen and oxygen atoms in total. The summed E-state index contributed by atoms with van der Waals surface area (Å²) in [5.74, 6) is -0.412. The monoisotopic (exact) mass is 297 g/mol. The van der Waals surface area contributed by atoms with E-state index in [1.54, 1.807) is 45.5 Å². The molecule has 21 heavy (non-hydrogen) atoms. The van der Waals surface area contributed by atoms with Gasteiger partial charge >= 0.3 is 12.1 Å². The van der Waals surface area contributed by atoms with E-state index < -0.39 is 17.7 Å². The van der Waals surface area contributed by atoms with Crippen LogP contribution in [0.4, 0.5) is 4.79 Å². The third-order valence-corrected chi connectivity index (χ3v) is 2.51. The van der Waals surface area contributed by atoms with Gasteiger partial charge in [0.1, 0.15) is 11.3 Å². The molecule has 1 rings (SSSR count). The minimum atomic E-state index is -0.536. The maximum atomic E-state index is 11.8. The van der Waals surface area contributed by atoms with Crippen molar-refractivity contribution in [3.8, 4) is 0 Å². The average molecular weight is 297 g/mol. The van der Waals surface area contributed by atoms with Crippen molar-refractivity contribution in [2.45, 2.75) is 46.8 Å². The molecule has 0 aromatic carbocycles. The Hall–Kier alpha value is -2.05. The number of hydrogen-bond donors (Lipinski definition) is 1. The molecular weight excluding hydrogens is 274 g/mol. The van der Waals surface area contributed by atoms with Gasteiger partial charge in [-0.05, 0) is 34.6 Å². The molecule has 0 spiro atoms. The van der Waals surface area contributed by atoms with E-state index in [0.29, 0.717) is 31.1 Å². The molecule has 0 aliphatic heterocycles. The lowest BCUT2D eigenvalue weighted by Crippen LogP contribution is -2.34. The van der Waals surface area contributed by atoms with Crippen molar-refractivity contribution in [3.05, 3.63) is 17.7 Å². The number of nitrogens with one attached hydrogen (secondary N) is 1. The highest BCUT2D eigenvalue weighted by molar-refractivity contribution is 5.88. The molecular formula is C14H23N3O4. The molecule has 1 heterocycles. The highest BCUT2D eigenvalue weighted by Crippen LogP contribution is 2.09. The smallest absolute Gasteiger partial charge is 0.407 e. The fourth-order valence-electron chi connectivity index (χ4n) is 1.71. The number of ether oxygens (including phenoxy) is 2. The normalized spacial score (nSPS) is 11.1. The zero-order valence-corrected chi connectivity index (χ0v) is 13.2. The van der Waals surface area contributed by atoms with Crippen LogP contribution in [-0.4, -0.2) is 40.4 Å². The standard InChI is InChI=1S/C14H23N3O4/c1-6-20-12(18)11-10(2)16-9-17(11)8-7-15-13(19)21-14(3,4)5/h9H,6-8H2,1-5H3,(H,15,19). The van der Waals surface area contributed by atoms with E-state index >= 15 is 0 Å².